The minimum absolute atomic E-state index is 0. The van der Waals surface area contributed by atoms with Crippen LogP contribution in [0.5, 0.6) is 0 Å². The van der Waals surface area contributed by atoms with Crippen LogP contribution in [0.25, 0.3) is 0 Å². The summed E-state index contributed by atoms with van der Waals surface area (Å²) in [5.74, 6) is 1.08. The molecule has 0 spiro atoms. The zero-order valence-corrected chi connectivity index (χ0v) is 20.9. The molecule has 0 saturated carbocycles. The van der Waals surface area contributed by atoms with E-state index in [1.54, 1.807) is 11.9 Å². The highest BCUT2D eigenvalue weighted by Crippen LogP contribution is 2.24. The molecule has 0 aliphatic carbocycles. The Morgan fingerprint density at radius 2 is 1.86 bits per heavy atom. The fourth-order valence-corrected chi connectivity index (χ4v) is 3.89. The molecule has 2 saturated heterocycles. The maximum absolute atomic E-state index is 12.3. The number of guanidine groups is 1. The third kappa shape index (κ3) is 7.49. The number of halogens is 1. The molecule has 0 aromatic heterocycles. The molecule has 0 aromatic rings. The number of ether oxygens (including phenoxy) is 2. The summed E-state index contributed by atoms with van der Waals surface area (Å²) in [6, 6.07) is 0. The molecular weight excluding hydrogens is 487 g/mol. The van der Waals surface area contributed by atoms with Gasteiger partial charge in [-0.2, -0.15) is 0 Å². The van der Waals surface area contributed by atoms with Gasteiger partial charge in [0.15, 0.2) is 5.96 Å². The van der Waals surface area contributed by atoms with Crippen LogP contribution in [0.1, 0.15) is 40.5 Å². The van der Waals surface area contributed by atoms with Crippen LogP contribution in [-0.4, -0.2) is 80.3 Å². The number of nitrogens with one attached hydrogen (secondary N) is 1. The van der Waals surface area contributed by atoms with Crippen LogP contribution in [0, 0.1) is 17.8 Å². The molecule has 3 atom stereocenters. The Balaban J connectivity index is 0.00000420. The largest absolute Gasteiger partial charge is 0.469 e. The number of likely N-dealkylation sites (tertiary alicyclic amines) is 2. The molecule has 1 N–H and O–H groups in total. The average Bonchev–Trinajstić information content (AvgIpc) is 3.02. The molecular formula is C20H37IN4O4. The summed E-state index contributed by atoms with van der Waals surface area (Å²) < 4.78 is 10.4. The number of rotatable bonds is 3. The van der Waals surface area contributed by atoms with Crippen molar-refractivity contribution < 1.29 is 19.1 Å². The molecule has 168 valence electrons. The number of carbonyl (C=O) groups is 2. The zero-order valence-electron chi connectivity index (χ0n) is 18.6. The van der Waals surface area contributed by atoms with Crippen LogP contribution in [0.4, 0.5) is 4.79 Å². The van der Waals surface area contributed by atoms with Crippen molar-refractivity contribution >= 4 is 42.0 Å². The van der Waals surface area contributed by atoms with E-state index >= 15 is 0 Å². The molecule has 0 aromatic carbocycles. The van der Waals surface area contributed by atoms with Gasteiger partial charge in [0, 0.05) is 39.8 Å². The van der Waals surface area contributed by atoms with Gasteiger partial charge >= 0.3 is 12.1 Å². The number of amides is 1. The lowest BCUT2D eigenvalue weighted by atomic mass is 9.98. The van der Waals surface area contributed by atoms with Crippen molar-refractivity contribution in [1.82, 2.24) is 15.1 Å². The fourth-order valence-electron chi connectivity index (χ4n) is 3.89. The Hall–Kier alpha value is -1.26. The molecule has 1 amide bonds. The summed E-state index contributed by atoms with van der Waals surface area (Å²) in [6.07, 6.45) is 1.79. The third-order valence-corrected chi connectivity index (χ3v) is 5.35. The van der Waals surface area contributed by atoms with Crippen LogP contribution >= 0.6 is 24.0 Å². The van der Waals surface area contributed by atoms with Crippen molar-refractivity contribution in [1.29, 1.82) is 0 Å². The van der Waals surface area contributed by atoms with E-state index in [0.717, 1.165) is 38.4 Å². The minimum atomic E-state index is -0.479. The smallest absolute Gasteiger partial charge is 0.410 e. The summed E-state index contributed by atoms with van der Waals surface area (Å²) in [4.78, 5) is 32.6. The van der Waals surface area contributed by atoms with E-state index in [9.17, 15) is 9.59 Å². The van der Waals surface area contributed by atoms with Crippen LogP contribution in [0.15, 0.2) is 4.99 Å². The summed E-state index contributed by atoms with van der Waals surface area (Å²) >= 11 is 0. The van der Waals surface area contributed by atoms with Gasteiger partial charge in [-0.3, -0.25) is 9.79 Å². The topological polar surface area (TPSA) is 83.5 Å². The molecule has 3 unspecified atom stereocenters. The number of aliphatic imine (C=N–C) groups is 1. The lowest BCUT2D eigenvalue weighted by Crippen LogP contribution is -2.47. The quantitative estimate of drug-likeness (QED) is 0.265. The highest BCUT2D eigenvalue weighted by Gasteiger charge is 2.37. The number of hydrogen-bond donors (Lipinski definition) is 1. The maximum atomic E-state index is 12.3. The molecule has 2 fully saturated rings. The van der Waals surface area contributed by atoms with Crippen LogP contribution in [0.2, 0.25) is 0 Å². The average molecular weight is 524 g/mol. The lowest BCUT2D eigenvalue weighted by Gasteiger charge is -2.34. The Labute approximate surface area is 191 Å². The monoisotopic (exact) mass is 524 g/mol. The maximum Gasteiger partial charge on any atom is 0.410 e. The first kappa shape index (κ1) is 25.8. The molecule has 2 heterocycles. The van der Waals surface area contributed by atoms with E-state index < -0.39 is 5.60 Å². The van der Waals surface area contributed by atoms with E-state index in [2.05, 4.69) is 22.1 Å². The van der Waals surface area contributed by atoms with E-state index in [-0.39, 0.29) is 47.9 Å². The third-order valence-electron chi connectivity index (χ3n) is 5.35. The first-order valence-corrected chi connectivity index (χ1v) is 10.2. The van der Waals surface area contributed by atoms with Gasteiger partial charge in [-0.1, -0.05) is 6.92 Å². The Morgan fingerprint density at radius 3 is 2.45 bits per heavy atom. The summed E-state index contributed by atoms with van der Waals surface area (Å²) in [5.41, 5.74) is -0.479. The molecule has 29 heavy (non-hydrogen) atoms. The second kappa shape index (κ2) is 11.2. The predicted octanol–water partition coefficient (Wildman–Crippen LogP) is 2.57. The summed E-state index contributed by atoms with van der Waals surface area (Å²) in [6.45, 7) is 11.3. The predicted molar refractivity (Wildman–Crippen MR) is 124 cm³/mol. The standard InChI is InChI=1S/C20H36N4O4.HI/c1-14-11-24(13-16(14)17(25)27-6)18(21-5)22-10-15-8-7-9-23(12-15)19(26)28-20(2,3)4;/h14-16H,7-13H2,1-6H3,(H,21,22);1H. The van der Waals surface area contributed by atoms with Gasteiger partial charge in [-0.05, 0) is 45.4 Å². The van der Waals surface area contributed by atoms with E-state index in [1.165, 1.54) is 7.11 Å². The number of nitrogens with zero attached hydrogens (tertiary/aromatic N) is 3. The normalized spacial score (nSPS) is 25.3. The summed E-state index contributed by atoms with van der Waals surface area (Å²) in [7, 11) is 3.19. The van der Waals surface area contributed by atoms with Crippen LogP contribution in [-0.2, 0) is 14.3 Å². The van der Waals surface area contributed by atoms with Gasteiger partial charge in [0.2, 0.25) is 0 Å². The molecule has 0 radical (unpaired) electrons. The zero-order chi connectivity index (χ0) is 20.9. The molecule has 2 aliphatic heterocycles. The number of hydrogen-bond acceptors (Lipinski definition) is 5. The summed E-state index contributed by atoms with van der Waals surface area (Å²) in [5, 5.41) is 3.43. The van der Waals surface area contributed by atoms with Crippen molar-refractivity contribution in [2.45, 2.75) is 46.1 Å². The van der Waals surface area contributed by atoms with E-state index in [4.69, 9.17) is 9.47 Å². The molecule has 9 heteroatoms. The van der Waals surface area contributed by atoms with Crippen molar-refractivity contribution in [3.63, 3.8) is 0 Å². The van der Waals surface area contributed by atoms with Crippen molar-refractivity contribution in [2.24, 2.45) is 22.7 Å². The lowest BCUT2D eigenvalue weighted by molar-refractivity contribution is -0.145. The van der Waals surface area contributed by atoms with Gasteiger partial charge < -0.3 is 24.6 Å². The van der Waals surface area contributed by atoms with Crippen molar-refractivity contribution in [3.8, 4) is 0 Å². The van der Waals surface area contributed by atoms with Gasteiger partial charge in [-0.15, -0.1) is 24.0 Å². The van der Waals surface area contributed by atoms with Crippen molar-refractivity contribution in [3.05, 3.63) is 0 Å². The van der Waals surface area contributed by atoms with Gasteiger partial charge in [0.1, 0.15) is 5.60 Å². The van der Waals surface area contributed by atoms with Crippen LogP contribution < -0.4 is 5.32 Å². The second-order valence-corrected chi connectivity index (χ2v) is 8.87. The molecule has 8 nitrogen and oxygen atoms in total. The fraction of sp³-hybridized carbons (Fsp3) is 0.850. The highest BCUT2D eigenvalue weighted by molar-refractivity contribution is 14.0. The van der Waals surface area contributed by atoms with Gasteiger partial charge in [0.05, 0.1) is 13.0 Å². The number of piperidine rings is 1. The van der Waals surface area contributed by atoms with E-state index in [1.807, 2.05) is 20.8 Å². The highest BCUT2D eigenvalue weighted by atomic mass is 127. The number of methoxy groups -OCH3 is 1. The first-order valence-electron chi connectivity index (χ1n) is 10.2. The Morgan fingerprint density at radius 1 is 1.17 bits per heavy atom. The Kier molecular flexibility index (Phi) is 9.97. The van der Waals surface area contributed by atoms with Gasteiger partial charge in [-0.25, -0.2) is 4.79 Å². The molecule has 2 rings (SSSR count). The molecule has 0 bridgehead atoms. The van der Waals surface area contributed by atoms with Crippen molar-refractivity contribution in [2.75, 3.05) is 46.9 Å². The SMILES string of the molecule is CN=C(NCC1CCCN(C(=O)OC(C)(C)C)C1)N1CC(C)C(C(=O)OC)C1.I. The van der Waals surface area contributed by atoms with E-state index in [0.29, 0.717) is 19.0 Å². The minimum Gasteiger partial charge on any atom is -0.469 e. The second-order valence-electron chi connectivity index (χ2n) is 8.87. The molecule has 2 aliphatic rings. The van der Waals surface area contributed by atoms with Gasteiger partial charge in [0.25, 0.3) is 0 Å². The number of esters is 1. The van der Waals surface area contributed by atoms with Crippen LogP contribution in [0.3, 0.4) is 0 Å². The first-order chi connectivity index (χ1) is 13.1. The Bertz CT molecular complexity index is 594. The number of carbonyl (C=O) groups excluding carboxylic acids is 2.